The number of benzene rings is 5. The molecule has 0 aliphatic carbocycles. The SMILES string of the molecule is Cc1ccc(S(=O)(=O)Oc2ccc3ccccc3c2/C=N/NC(=O)C(O)(c2ccccc2)c2ccccc2)cc1. The van der Waals surface area contributed by atoms with Crippen molar-refractivity contribution in [1.29, 1.82) is 0 Å². The molecular weight excluding hydrogens is 524 g/mol. The van der Waals surface area contributed by atoms with E-state index < -0.39 is 21.6 Å². The Kier molecular flexibility index (Phi) is 7.46. The molecular formula is C32H26N2O5S. The van der Waals surface area contributed by atoms with Gasteiger partial charge in [0.05, 0.1) is 6.21 Å². The lowest BCUT2D eigenvalue weighted by atomic mass is 9.85. The van der Waals surface area contributed by atoms with Gasteiger partial charge in [-0.3, -0.25) is 4.79 Å². The molecule has 0 spiro atoms. The first kappa shape index (κ1) is 26.8. The zero-order chi connectivity index (χ0) is 28.2. The summed E-state index contributed by atoms with van der Waals surface area (Å²) in [4.78, 5) is 13.5. The molecule has 5 aromatic rings. The summed E-state index contributed by atoms with van der Waals surface area (Å²) in [7, 11) is -4.15. The van der Waals surface area contributed by atoms with Crippen molar-refractivity contribution < 1.29 is 22.5 Å². The number of hydrazone groups is 1. The van der Waals surface area contributed by atoms with Crippen LogP contribution in [0.4, 0.5) is 0 Å². The second-order valence-electron chi connectivity index (χ2n) is 9.19. The Bertz CT molecular complexity index is 1750. The average Bonchev–Trinajstić information content (AvgIpc) is 2.98. The number of carbonyl (C=O) groups excluding carboxylic acids is 1. The van der Waals surface area contributed by atoms with E-state index in [1.54, 1.807) is 97.1 Å². The van der Waals surface area contributed by atoms with Gasteiger partial charge in [0.2, 0.25) is 0 Å². The largest absolute Gasteiger partial charge is 0.378 e. The Labute approximate surface area is 232 Å². The summed E-state index contributed by atoms with van der Waals surface area (Å²) in [6, 6.07) is 34.1. The number of nitrogens with zero attached hydrogens (tertiary/aromatic N) is 1. The van der Waals surface area contributed by atoms with Crippen LogP contribution in [0.3, 0.4) is 0 Å². The van der Waals surface area contributed by atoms with Crippen molar-refractivity contribution in [1.82, 2.24) is 5.43 Å². The Morgan fingerprint density at radius 2 is 1.38 bits per heavy atom. The Balaban J connectivity index is 1.50. The highest BCUT2D eigenvalue weighted by Gasteiger charge is 2.39. The van der Waals surface area contributed by atoms with Gasteiger partial charge in [-0.15, -0.1) is 0 Å². The highest BCUT2D eigenvalue weighted by atomic mass is 32.2. The third-order valence-electron chi connectivity index (χ3n) is 6.51. The smallest absolute Gasteiger partial charge is 0.339 e. The van der Waals surface area contributed by atoms with Crippen molar-refractivity contribution in [3.8, 4) is 5.75 Å². The van der Waals surface area contributed by atoms with Crippen LogP contribution in [-0.4, -0.2) is 25.6 Å². The Morgan fingerprint density at radius 3 is 2.00 bits per heavy atom. The topological polar surface area (TPSA) is 105 Å². The number of hydrogen-bond acceptors (Lipinski definition) is 6. The van der Waals surface area contributed by atoms with E-state index >= 15 is 0 Å². The lowest BCUT2D eigenvalue weighted by Gasteiger charge is -2.27. The van der Waals surface area contributed by atoms with E-state index in [0.29, 0.717) is 22.1 Å². The summed E-state index contributed by atoms with van der Waals surface area (Å²) >= 11 is 0. The molecule has 0 bridgehead atoms. The van der Waals surface area contributed by atoms with Crippen LogP contribution in [0.15, 0.2) is 131 Å². The second-order valence-corrected chi connectivity index (χ2v) is 10.7. The number of carbonyl (C=O) groups is 1. The molecule has 40 heavy (non-hydrogen) atoms. The molecule has 0 atom stereocenters. The van der Waals surface area contributed by atoms with Crippen LogP contribution < -0.4 is 9.61 Å². The van der Waals surface area contributed by atoms with Crippen LogP contribution in [-0.2, 0) is 20.5 Å². The Hall–Kier alpha value is -4.79. The number of fused-ring (bicyclic) bond motifs is 1. The maximum Gasteiger partial charge on any atom is 0.339 e. The molecule has 2 N–H and O–H groups in total. The minimum atomic E-state index is -4.15. The number of rotatable bonds is 8. The van der Waals surface area contributed by atoms with Crippen LogP contribution in [0.5, 0.6) is 5.75 Å². The summed E-state index contributed by atoms with van der Waals surface area (Å²) in [6.07, 6.45) is 1.32. The predicted molar refractivity (Wildman–Crippen MR) is 155 cm³/mol. The van der Waals surface area contributed by atoms with Gasteiger partial charge in [-0.05, 0) is 47.0 Å². The molecule has 200 valence electrons. The predicted octanol–water partition coefficient (Wildman–Crippen LogP) is 5.30. The molecule has 0 aliphatic rings. The van der Waals surface area contributed by atoms with Crippen molar-refractivity contribution in [3.63, 3.8) is 0 Å². The van der Waals surface area contributed by atoms with Gasteiger partial charge < -0.3 is 9.29 Å². The van der Waals surface area contributed by atoms with E-state index in [0.717, 1.165) is 10.9 Å². The van der Waals surface area contributed by atoms with Gasteiger partial charge in [0.25, 0.3) is 5.91 Å². The van der Waals surface area contributed by atoms with Crippen molar-refractivity contribution in [3.05, 3.63) is 144 Å². The van der Waals surface area contributed by atoms with Gasteiger partial charge in [0.15, 0.2) is 11.4 Å². The molecule has 0 saturated carbocycles. The maximum absolute atomic E-state index is 13.4. The zero-order valence-electron chi connectivity index (χ0n) is 21.6. The molecule has 7 nitrogen and oxygen atoms in total. The van der Waals surface area contributed by atoms with E-state index in [9.17, 15) is 18.3 Å². The first-order chi connectivity index (χ1) is 19.3. The number of nitrogens with one attached hydrogen (secondary N) is 1. The molecule has 0 aromatic heterocycles. The first-order valence-corrected chi connectivity index (χ1v) is 13.9. The van der Waals surface area contributed by atoms with Gasteiger partial charge in [-0.1, -0.05) is 109 Å². The van der Waals surface area contributed by atoms with E-state index in [1.165, 1.54) is 18.3 Å². The summed E-state index contributed by atoms with van der Waals surface area (Å²) < 4.78 is 31.7. The summed E-state index contributed by atoms with van der Waals surface area (Å²) in [5.41, 5.74) is 2.41. The van der Waals surface area contributed by atoms with E-state index in [-0.39, 0.29) is 10.6 Å². The molecule has 0 unspecified atom stereocenters. The van der Waals surface area contributed by atoms with Crippen molar-refractivity contribution in [2.45, 2.75) is 17.4 Å². The monoisotopic (exact) mass is 550 g/mol. The van der Waals surface area contributed by atoms with Gasteiger partial charge in [-0.2, -0.15) is 13.5 Å². The van der Waals surface area contributed by atoms with Gasteiger partial charge in [-0.25, -0.2) is 5.43 Å². The normalized spacial score (nSPS) is 11.9. The number of aryl methyl sites for hydroxylation is 1. The zero-order valence-corrected chi connectivity index (χ0v) is 22.4. The summed E-state index contributed by atoms with van der Waals surface area (Å²) in [5.74, 6) is -0.741. The van der Waals surface area contributed by atoms with Crippen LogP contribution >= 0.6 is 0 Å². The minimum Gasteiger partial charge on any atom is -0.378 e. The van der Waals surface area contributed by atoms with Gasteiger partial charge in [0, 0.05) is 5.56 Å². The molecule has 0 saturated heterocycles. The molecule has 1 amide bonds. The molecule has 0 aliphatic heterocycles. The number of amides is 1. The summed E-state index contributed by atoms with van der Waals surface area (Å²) in [5, 5.41) is 17.3. The molecule has 8 heteroatoms. The summed E-state index contributed by atoms with van der Waals surface area (Å²) in [6.45, 7) is 1.86. The minimum absolute atomic E-state index is 0.0123. The molecule has 0 radical (unpaired) electrons. The fourth-order valence-electron chi connectivity index (χ4n) is 4.38. The van der Waals surface area contributed by atoms with Crippen LogP contribution in [0, 0.1) is 6.92 Å². The third-order valence-corrected chi connectivity index (χ3v) is 7.76. The average molecular weight is 551 g/mol. The molecule has 0 fully saturated rings. The lowest BCUT2D eigenvalue weighted by molar-refractivity contribution is -0.136. The van der Waals surface area contributed by atoms with Gasteiger partial charge >= 0.3 is 10.1 Å². The highest BCUT2D eigenvalue weighted by Crippen LogP contribution is 2.31. The van der Waals surface area contributed by atoms with Crippen molar-refractivity contribution in [2.24, 2.45) is 5.10 Å². The molecule has 0 heterocycles. The molecule has 5 aromatic carbocycles. The molecule has 5 rings (SSSR count). The quantitative estimate of drug-likeness (QED) is 0.155. The van der Waals surface area contributed by atoms with Crippen molar-refractivity contribution >= 4 is 33.0 Å². The highest BCUT2D eigenvalue weighted by molar-refractivity contribution is 7.87. The standard InChI is InChI=1S/C32H26N2O5S/c1-23-16-19-27(20-17-23)40(37,38)39-30-21-18-24-10-8-9-15-28(24)29(30)22-33-34-31(35)32(36,25-11-4-2-5-12-25)26-13-6-3-7-14-26/h2-22,36H,1H3,(H,34,35)/b33-22+. The van der Waals surface area contributed by atoms with Gasteiger partial charge in [0.1, 0.15) is 4.90 Å². The Morgan fingerprint density at radius 1 is 0.800 bits per heavy atom. The van der Waals surface area contributed by atoms with Crippen LogP contribution in [0.1, 0.15) is 22.3 Å². The van der Waals surface area contributed by atoms with E-state index in [4.69, 9.17) is 4.18 Å². The third kappa shape index (κ3) is 5.36. The van der Waals surface area contributed by atoms with E-state index in [2.05, 4.69) is 10.5 Å². The van der Waals surface area contributed by atoms with Crippen molar-refractivity contribution in [2.75, 3.05) is 0 Å². The first-order valence-electron chi connectivity index (χ1n) is 12.5. The van der Waals surface area contributed by atoms with Crippen LogP contribution in [0.2, 0.25) is 0 Å². The maximum atomic E-state index is 13.4. The fourth-order valence-corrected chi connectivity index (χ4v) is 5.32. The lowest BCUT2D eigenvalue weighted by Crippen LogP contribution is -2.43. The number of aliphatic hydroxyl groups is 1. The van der Waals surface area contributed by atoms with Crippen LogP contribution in [0.25, 0.3) is 10.8 Å². The fraction of sp³-hybridized carbons (Fsp3) is 0.0625. The van der Waals surface area contributed by atoms with E-state index in [1.807, 2.05) is 19.1 Å². The number of hydrogen-bond donors (Lipinski definition) is 2. The second kappa shape index (κ2) is 11.1.